The van der Waals surface area contributed by atoms with Crippen LogP contribution in [0.5, 0.6) is 0 Å². The van der Waals surface area contributed by atoms with Crippen LogP contribution >= 0.6 is 0 Å². The van der Waals surface area contributed by atoms with Gasteiger partial charge in [0.15, 0.2) is 0 Å². The normalized spacial score (nSPS) is 21.6. The summed E-state index contributed by atoms with van der Waals surface area (Å²) in [6.45, 7) is 6.37. The number of nitrogens with zero attached hydrogens (tertiary/aromatic N) is 3. The highest BCUT2D eigenvalue weighted by molar-refractivity contribution is 5.76. The number of likely N-dealkylation sites (tertiary alicyclic amines) is 1. The van der Waals surface area contributed by atoms with Crippen molar-refractivity contribution in [3.63, 3.8) is 0 Å². The summed E-state index contributed by atoms with van der Waals surface area (Å²) in [6, 6.07) is 6.80. The lowest BCUT2D eigenvalue weighted by atomic mass is 9.97. The molecule has 0 unspecified atom stereocenters. The molecule has 1 aromatic carbocycles. The molecule has 2 aliphatic heterocycles. The third-order valence-electron chi connectivity index (χ3n) is 5.84. The van der Waals surface area contributed by atoms with Crippen molar-refractivity contribution < 1.29 is 14.0 Å². The maximum atomic E-state index is 13.0. The van der Waals surface area contributed by atoms with E-state index in [0.717, 1.165) is 58.6 Å². The minimum absolute atomic E-state index is 0.179. The van der Waals surface area contributed by atoms with Gasteiger partial charge in [-0.15, -0.1) is 0 Å². The van der Waals surface area contributed by atoms with Gasteiger partial charge in [-0.05, 0) is 62.3 Å². The number of hydrogen-bond donors (Lipinski definition) is 0. The Bertz CT molecular complexity index is 604. The summed E-state index contributed by atoms with van der Waals surface area (Å²) in [5.41, 5.74) is 1.18. The van der Waals surface area contributed by atoms with Gasteiger partial charge < -0.3 is 9.80 Å². The van der Waals surface area contributed by atoms with E-state index < -0.39 is 0 Å². The molecule has 0 aromatic heterocycles. The first-order valence-corrected chi connectivity index (χ1v) is 10.7. The monoisotopic (exact) mass is 391 g/mol. The van der Waals surface area contributed by atoms with Gasteiger partial charge in [0.1, 0.15) is 5.82 Å². The molecule has 1 amide bonds. The lowest BCUT2D eigenvalue weighted by Gasteiger charge is -2.35. The number of carbonyl (C=O) groups excluding carboxylic acids is 1. The van der Waals surface area contributed by atoms with Crippen LogP contribution < -0.4 is 0 Å². The van der Waals surface area contributed by atoms with Crippen LogP contribution in [0.4, 0.5) is 4.39 Å². The SMILES string of the molecule is CN(C[C@H]1CCCN(CCc2ccc(F)cc2)C1)C(=O)CCN1CCCCO1. The maximum absolute atomic E-state index is 13.0. The van der Waals surface area contributed by atoms with Gasteiger partial charge in [0.2, 0.25) is 5.91 Å². The highest BCUT2D eigenvalue weighted by Gasteiger charge is 2.23. The molecule has 1 atom stereocenters. The van der Waals surface area contributed by atoms with E-state index >= 15 is 0 Å². The van der Waals surface area contributed by atoms with E-state index in [4.69, 9.17) is 4.84 Å². The molecule has 0 N–H and O–H groups in total. The Balaban J connectivity index is 1.37. The molecule has 2 saturated heterocycles. The predicted molar refractivity (Wildman–Crippen MR) is 108 cm³/mol. The molecule has 2 aliphatic rings. The van der Waals surface area contributed by atoms with Gasteiger partial charge in [0.05, 0.1) is 6.61 Å². The van der Waals surface area contributed by atoms with E-state index in [0.29, 0.717) is 18.9 Å². The van der Waals surface area contributed by atoms with Crippen molar-refractivity contribution in [3.05, 3.63) is 35.6 Å². The molecule has 6 heteroatoms. The second-order valence-corrected chi connectivity index (χ2v) is 8.18. The van der Waals surface area contributed by atoms with Gasteiger partial charge in [-0.3, -0.25) is 9.63 Å². The van der Waals surface area contributed by atoms with Gasteiger partial charge >= 0.3 is 0 Å². The number of benzene rings is 1. The number of carbonyl (C=O) groups is 1. The summed E-state index contributed by atoms with van der Waals surface area (Å²) in [5.74, 6) is 0.557. The minimum Gasteiger partial charge on any atom is -0.345 e. The number of hydroxylamine groups is 2. The average molecular weight is 392 g/mol. The molecule has 0 saturated carbocycles. The highest BCUT2D eigenvalue weighted by atomic mass is 19.1. The van der Waals surface area contributed by atoms with Crippen LogP contribution in [0.15, 0.2) is 24.3 Å². The molecule has 2 fully saturated rings. The van der Waals surface area contributed by atoms with Crippen molar-refractivity contribution in [2.45, 2.75) is 38.5 Å². The molecule has 0 spiro atoms. The Kier molecular flexibility index (Phi) is 8.25. The van der Waals surface area contributed by atoms with E-state index in [1.165, 1.54) is 30.5 Å². The quantitative estimate of drug-likeness (QED) is 0.683. The van der Waals surface area contributed by atoms with Crippen LogP contribution in [0.25, 0.3) is 0 Å². The van der Waals surface area contributed by atoms with Crippen molar-refractivity contribution in [1.29, 1.82) is 0 Å². The molecular weight excluding hydrogens is 357 g/mol. The largest absolute Gasteiger partial charge is 0.345 e. The van der Waals surface area contributed by atoms with Gasteiger partial charge in [0.25, 0.3) is 0 Å². The van der Waals surface area contributed by atoms with Gasteiger partial charge in [-0.2, -0.15) is 5.06 Å². The van der Waals surface area contributed by atoms with Crippen LogP contribution in [0.2, 0.25) is 0 Å². The Hall–Kier alpha value is -1.50. The van der Waals surface area contributed by atoms with Crippen molar-refractivity contribution in [2.24, 2.45) is 5.92 Å². The molecule has 3 rings (SSSR count). The van der Waals surface area contributed by atoms with Gasteiger partial charge in [-0.25, -0.2) is 4.39 Å². The maximum Gasteiger partial charge on any atom is 0.223 e. The van der Waals surface area contributed by atoms with E-state index in [1.54, 1.807) is 0 Å². The molecule has 5 nitrogen and oxygen atoms in total. The summed E-state index contributed by atoms with van der Waals surface area (Å²) >= 11 is 0. The van der Waals surface area contributed by atoms with E-state index in [-0.39, 0.29) is 11.7 Å². The minimum atomic E-state index is -0.179. The Morgan fingerprint density at radius 1 is 1.18 bits per heavy atom. The zero-order valence-corrected chi connectivity index (χ0v) is 17.1. The number of rotatable bonds is 8. The summed E-state index contributed by atoms with van der Waals surface area (Å²) in [4.78, 5) is 22.4. The van der Waals surface area contributed by atoms with Gasteiger partial charge in [-0.1, -0.05) is 12.1 Å². The lowest BCUT2D eigenvalue weighted by molar-refractivity contribution is -0.182. The Labute approximate surface area is 168 Å². The predicted octanol–water partition coefficient (Wildman–Crippen LogP) is 2.96. The first kappa shape index (κ1) is 21.2. The van der Waals surface area contributed by atoms with Crippen LogP contribution in [0.3, 0.4) is 0 Å². The number of hydrogen-bond acceptors (Lipinski definition) is 4. The van der Waals surface area contributed by atoms with E-state index in [9.17, 15) is 9.18 Å². The first-order valence-electron chi connectivity index (χ1n) is 10.7. The van der Waals surface area contributed by atoms with E-state index in [1.807, 2.05) is 29.1 Å². The summed E-state index contributed by atoms with van der Waals surface area (Å²) in [6.07, 6.45) is 6.09. The van der Waals surface area contributed by atoms with Crippen molar-refractivity contribution in [2.75, 3.05) is 52.9 Å². The third kappa shape index (κ3) is 6.83. The van der Waals surface area contributed by atoms with Crippen LogP contribution in [-0.4, -0.2) is 73.7 Å². The van der Waals surface area contributed by atoms with Crippen molar-refractivity contribution in [1.82, 2.24) is 14.9 Å². The van der Waals surface area contributed by atoms with Crippen molar-refractivity contribution in [3.8, 4) is 0 Å². The van der Waals surface area contributed by atoms with E-state index in [2.05, 4.69) is 4.90 Å². The fourth-order valence-electron chi connectivity index (χ4n) is 4.17. The summed E-state index contributed by atoms with van der Waals surface area (Å²) < 4.78 is 13.0. The molecule has 0 bridgehead atoms. The molecule has 0 radical (unpaired) electrons. The molecule has 28 heavy (non-hydrogen) atoms. The zero-order valence-electron chi connectivity index (χ0n) is 17.1. The Morgan fingerprint density at radius 3 is 2.75 bits per heavy atom. The fourth-order valence-corrected chi connectivity index (χ4v) is 4.17. The second kappa shape index (κ2) is 10.9. The highest BCUT2D eigenvalue weighted by Crippen LogP contribution is 2.18. The van der Waals surface area contributed by atoms with Crippen LogP contribution in [-0.2, 0) is 16.1 Å². The second-order valence-electron chi connectivity index (χ2n) is 8.18. The molecule has 2 heterocycles. The average Bonchev–Trinajstić information content (AvgIpc) is 2.72. The summed E-state index contributed by atoms with van der Waals surface area (Å²) in [5, 5.41) is 1.94. The molecule has 1 aromatic rings. The van der Waals surface area contributed by atoms with Crippen LogP contribution in [0, 0.1) is 11.7 Å². The Morgan fingerprint density at radius 2 is 2.00 bits per heavy atom. The van der Waals surface area contributed by atoms with Crippen LogP contribution in [0.1, 0.15) is 37.7 Å². The molecular formula is C22H34FN3O2. The zero-order chi connectivity index (χ0) is 19.8. The smallest absolute Gasteiger partial charge is 0.223 e. The van der Waals surface area contributed by atoms with Gasteiger partial charge in [0, 0.05) is 46.2 Å². The summed E-state index contributed by atoms with van der Waals surface area (Å²) in [7, 11) is 1.93. The first-order chi connectivity index (χ1) is 13.6. The molecule has 0 aliphatic carbocycles. The number of halogens is 1. The number of amides is 1. The number of piperidine rings is 1. The van der Waals surface area contributed by atoms with Crippen molar-refractivity contribution >= 4 is 5.91 Å². The third-order valence-corrected chi connectivity index (χ3v) is 5.84. The standard InChI is InChI=1S/C22H34FN3O2/c1-24(22(27)11-15-26-13-2-3-16-28-26)17-20-5-4-12-25(18-20)14-10-19-6-8-21(23)9-7-19/h6-9,20H,2-5,10-18H2,1H3/t20-/m1/s1. The fraction of sp³-hybridized carbons (Fsp3) is 0.682. The topological polar surface area (TPSA) is 36.0 Å². The lowest BCUT2D eigenvalue weighted by Crippen LogP contribution is -2.43. The molecule has 156 valence electrons.